The molecule has 0 unspecified atom stereocenters. The fourth-order valence-electron chi connectivity index (χ4n) is 5.61. The van der Waals surface area contributed by atoms with Gasteiger partial charge in [0.15, 0.2) is 0 Å². The van der Waals surface area contributed by atoms with Gasteiger partial charge in [0, 0.05) is 50.4 Å². The van der Waals surface area contributed by atoms with Crippen LogP contribution < -0.4 is 10.1 Å². The molecular formula is C33H36FN5O4. The number of carbonyl (C=O) groups is 2. The third-order valence-corrected chi connectivity index (χ3v) is 8.09. The molecule has 2 aliphatic rings. The van der Waals surface area contributed by atoms with E-state index >= 15 is 4.39 Å². The molecule has 5 rings (SSSR count). The quantitative estimate of drug-likeness (QED) is 0.345. The van der Waals surface area contributed by atoms with Gasteiger partial charge in [-0.2, -0.15) is 5.26 Å². The number of aromatic nitrogens is 1. The fraction of sp³-hybridized carbons (Fsp3) is 0.394. The Morgan fingerprint density at radius 2 is 1.88 bits per heavy atom. The van der Waals surface area contributed by atoms with Crippen molar-refractivity contribution in [1.29, 1.82) is 5.26 Å². The van der Waals surface area contributed by atoms with E-state index in [0.717, 1.165) is 19.6 Å². The molecule has 2 N–H and O–H groups in total. The topological polar surface area (TPSA) is 119 Å². The number of likely N-dealkylation sites (tertiary alicyclic amines) is 2. The van der Waals surface area contributed by atoms with Crippen LogP contribution in [-0.4, -0.2) is 69.7 Å². The molecule has 3 aromatic rings. The second-order valence-electron chi connectivity index (χ2n) is 11.5. The summed E-state index contributed by atoms with van der Waals surface area (Å²) in [6.07, 6.45) is 1.34. The zero-order chi connectivity index (χ0) is 30.5. The van der Waals surface area contributed by atoms with Crippen LogP contribution in [0.5, 0.6) is 5.88 Å². The molecular weight excluding hydrogens is 549 g/mol. The van der Waals surface area contributed by atoms with Gasteiger partial charge < -0.3 is 20.1 Å². The largest absolute Gasteiger partial charge is 0.472 e. The summed E-state index contributed by atoms with van der Waals surface area (Å²) in [5.74, 6) is -0.0603. The SMILES string of the molecule is CC(C)c1ccc(CN2CC(Oc3ccc(-c4ccc(C[C@H](NC(=O)O)C(=O)N5CCC[C@H]5C#N)c(F)c4)cn3)C2)cc1. The Bertz CT molecular complexity index is 1480. The van der Waals surface area contributed by atoms with E-state index < -0.39 is 29.9 Å². The van der Waals surface area contributed by atoms with Gasteiger partial charge in [0.25, 0.3) is 0 Å². The summed E-state index contributed by atoms with van der Waals surface area (Å²) in [6, 6.07) is 17.2. The zero-order valence-corrected chi connectivity index (χ0v) is 24.4. The van der Waals surface area contributed by atoms with Crippen LogP contribution in [0.2, 0.25) is 0 Å². The molecule has 0 radical (unpaired) electrons. The average molecular weight is 586 g/mol. The first kappa shape index (κ1) is 30.0. The van der Waals surface area contributed by atoms with Crippen LogP contribution in [-0.2, 0) is 17.8 Å². The minimum absolute atomic E-state index is 0.0593. The molecule has 2 amide bonds. The van der Waals surface area contributed by atoms with Gasteiger partial charge in [0.1, 0.15) is 24.0 Å². The Hall–Kier alpha value is -4.49. The van der Waals surface area contributed by atoms with Crippen LogP contribution in [0.25, 0.3) is 11.1 Å². The van der Waals surface area contributed by atoms with Gasteiger partial charge in [-0.3, -0.25) is 9.69 Å². The van der Waals surface area contributed by atoms with E-state index in [1.807, 2.05) is 6.07 Å². The number of hydrogen-bond acceptors (Lipinski definition) is 6. The van der Waals surface area contributed by atoms with Gasteiger partial charge in [-0.25, -0.2) is 14.2 Å². The third-order valence-electron chi connectivity index (χ3n) is 8.09. The number of nitrogens with zero attached hydrogens (tertiary/aromatic N) is 4. The monoisotopic (exact) mass is 585 g/mol. The summed E-state index contributed by atoms with van der Waals surface area (Å²) < 4.78 is 21.2. The molecule has 3 heterocycles. The Kier molecular flexibility index (Phi) is 9.22. The summed E-state index contributed by atoms with van der Waals surface area (Å²) in [4.78, 5) is 32.5. The molecule has 2 fully saturated rings. The van der Waals surface area contributed by atoms with Gasteiger partial charge in [0.05, 0.1) is 6.07 Å². The number of amides is 2. The van der Waals surface area contributed by atoms with Crippen molar-refractivity contribution < 1.29 is 23.8 Å². The van der Waals surface area contributed by atoms with E-state index in [2.05, 4.69) is 59.4 Å². The molecule has 1 aromatic heterocycles. The Balaban J connectivity index is 1.16. The average Bonchev–Trinajstić information content (AvgIpc) is 3.46. The number of halogens is 1. The first-order valence-corrected chi connectivity index (χ1v) is 14.6. The third kappa shape index (κ3) is 7.30. The highest BCUT2D eigenvalue weighted by Gasteiger charge is 2.34. The van der Waals surface area contributed by atoms with Crippen LogP contribution in [0.1, 0.15) is 49.3 Å². The molecule has 2 aliphatic heterocycles. The van der Waals surface area contributed by atoms with Crippen molar-refractivity contribution in [3.63, 3.8) is 0 Å². The van der Waals surface area contributed by atoms with Crippen molar-refractivity contribution in [3.8, 4) is 23.1 Å². The molecule has 0 spiro atoms. The molecule has 0 bridgehead atoms. The van der Waals surface area contributed by atoms with E-state index in [9.17, 15) is 20.0 Å². The molecule has 0 aliphatic carbocycles. The minimum Gasteiger partial charge on any atom is -0.472 e. The van der Waals surface area contributed by atoms with Crippen LogP contribution >= 0.6 is 0 Å². The number of rotatable bonds is 10. The normalized spacial score (nSPS) is 17.7. The lowest BCUT2D eigenvalue weighted by molar-refractivity contribution is -0.133. The first-order chi connectivity index (χ1) is 20.7. The fourth-order valence-corrected chi connectivity index (χ4v) is 5.61. The maximum atomic E-state index is 15.2. The van der Waals surface area contributed by atoms with Crippen molar-refractivity contribution in [3.05, 3.63) is 83.3 Å². The molecule has 2 saturated heterocycles. The molecule has 224 valence electrons. The predicted octanol–water partition coefficient (Wildman–Crippen LogP) is 4.97. The number of carbonyl (C=O) groups excluding carboxylic acids is 1. The standard InChI is InChI=1S/C33H36FN5O4/c1-21(2)23-7-5-22(6-8-23)18-38-19-28(20-38)43-31-12-11-26(17-36-31)24-9-10-25(29(34)14-24)15-30(37-33(41)42)32(40)39-13-3-4-27(39)16-35/h5-12,14,17,21,27-28,30,37H,3-4,13,15,18-20H2,1-2H3,(H,41,42)/t27-,30-/m0/s1. The Morgan fingerprint density at radius 1 is 1.14 bits per heavy atom. The number of carboxylic acid groups (broad SMARTS) is 1. The molecule has 2 aromatic carbocycles. The van der Waals surface area contributed by atoms with E-state index in [0.29, 0.717) is 42.3 Å². The van der Waals surface area contributed by atoms with Crippen molar-refractivity contribution in [2.75, 3.05) is 19.6 Å². The molecule has 0 saturated carbocycles. The molecule has 43 heavy (non-hydrogen) atoms. The highest BCUT2D eigenvalue weighted by atomic mass is 19.1. The highest BCUT2D eigenvalue weighted by molar-refractivity contribution is 5.86. The van der Waals surface area contributed by atoms with Gasteiger partial charge in [-0.15, -0.1) is 0 Å². The second kappa shape index (κ2) is 13.2. The highest BCUT2D eigenvalue weighted by Crippen LogP contribution is 2.26. The van der Waals surface area contributed by atoms with Crippen molar-refractivity contribution in [2.24, 2.45) is 0 Å². The lowest BCUT2D eigenvalue weighted by atomic mass is 10.00. The summed E-state index contributed by atoms with van der Waals surface area (Å²) >= 11 is 0. The zero-order valence-electron chi connectivity index (χ0n) is 24.4. The van der Waals surface area contributed by atoms with Crippen molar-refractivity contribution in [1.82, 2.24) is 20.1 Å². The van der Waals surface area contributed by atoms with Crippen LogP contribution in [0, 0.1) is 17.1 Å². The van der Waals surface area contributed by atoms with Gasteiger partial charge in [0.2, 0.25) is 11.8 Å². The predicted molar refractivity (Wildman–Crippen MR) is 159 cm³/mol. The lowest BCUT2D eigenvalue weighted by Gasteiger charge is -2.38. The van der Waals surface area contributed by atoms with E-state index in [4.69, 9.17) is 4.74 Å². The molecule has 2 atom stereocenters. The summed E-state index contributed by atoms with van der Waals surface area (Å²) in [7, 11) is 0. The van der Waals surface area contributed by atoms with Crippen molar-refractivity contribution >= 4 is 12.0 Å². The maximum Gasteiger partial charge on any atom is 0.405 e. The first-order valence-electron chi connectivity index (χ1n) is 14.6. The molecule has 9 nitrogen and oxygen atoms in total. The number of ether oxygens (including phenoxy) is 1. The van der Waals surface area contributed by atoms with Crippen LogP contribution in [0.15, 0.2) is 60.8 Å². The molecule has 10 heteroatoms. The van der Waals surface area contributed by atoms with Gasteiger partial charge in [-0.1, -0.05) is 50.2 Å². The number of benzene rings is 2. The Labute approximate surface area is 250 Å². The van der Waals surface area contributed by atoms with E-state index in [1.54, 1.807) is 24.4 Å². The number of pyridine rings is 1. The van der Waals surface area contributed by atoms with Gasteiger partial charge in [-0.05, 0) is 53.1 Å². The van der Waals surface area contributed by atoms with Gasteiger partial charge >= 0.3 is 6.09 Å². The summed E-state index contributed by atoms with van der Waals surface area (Å²) in [5.41, 5.74) is 4.10. The Morgan fingerprint density at radius 3 is 2.51 bits per heavy atom. The van der Waals surface area contributed by atoms with Crippen LogP contribution in [0.3, 0.4) is 0 Å². The number of nitrogens with one attached hydrogen (secondary N) is 1. The lowest BCUT2D eigenvalue weighted by Crippen LogP contribution is -2.53. The number of nitriles is 1. The maximum absolute atomic E-state index is 15.2. The van der Waals surface area contributed by atoms with E-state index in [-0.39, 0.29) is 18.1 Å². The van der Waals surface area contributed by atoms with E-state index in [1.165, 1.54) is 22.1 Å². The number of hydrogen-bond donors (Lipinski definition) is 2. The summed E-state index contributed by atoms with van der Waals surface area (Å²) in [6.45, 7) is 7.26. The van der Waals surface area contributed by atoms with Crippen molar-refractivity contribution in [2.45, 2.75) is 63.8 Å². The minimum atomic E-state index is -1.39. The smallest absolute Gasteiger partial charge is 0.405 e. The summed E-state index contributed by atoms with van der Waals surface area (Å²) in [5, 5.41) is 20.8. The second-order valence-corrected chi connectivity index (χ2v) is 11.5. The van der Waals surface area contributed by atoms with Crippen LogP contribution in [0.4, 0.5) is 9.18 Å².